The van der Waals surface area contributed by atoms with Crippen molar-refractivity contribution in [3.8, 4) is 17.2 Å². The molecule has 1 aromatic heterocycles. The van der Waals surface area contributed by atoms with E-state index in [0.717, 1.165) is 11.3 Å². The van der Waals surface area contributed by atoms with Crippen molar-refractivity contribution in [1.82, 2.24) is 4.98 Å². The molecule has 4 aromatic carbocycles. The quantitative estimate of drug-likeness (QED) is 0.141. The Hall–Kier alpha value is -5.02. The second-order valence-corrected chi connectivity index (χ2v) is 10.0. The predicted octanol–water partition coefficient (Wildman–Crippen LogP) is 6.86. The van der Waals surface area contributed by atoms with E-state index < -0.39 is 23.5 Å². The van der Waals surface area contributed by atoms with E-state index in [0.29, 0.717) is 38.6 Å². The van der Waals surface area contributed by atoms with Gasteiger partial charge in [-0.15, -0.1) is 0 Å². The van der Waals surface area contributed by atoms with Crippen LogP contribution in [0, 0.1) is 5.82 Å². The van der Waals surface area contributed by atoms with Crippen LogP contribution in [-0.2, 0) is 9.59 Å². The molecule has 1 N–H and O–H groups in total. The monoisotopic (exact) mass is 552 g/mol. The molecule has 7 nitrogen and oxygen atoms in total. The van der Waals surface area contributed by atoms with Crippen molar-refractivity contribution in [2.75, 3.05) is 12.0 Å². The molecule has 0 spiro atoms. The lowest BCUT2D eigenvalue weighted by molar-refractivity contribution is -0.132. The van der Waals surface area contributed by atoms with Gasteiger partial charge < -0.3 is 14.6 Å². The van der Waals surface area contributed by atoms with Gasteiger partial charge in [-0.25, -0.2) is 9.37 Å². The van der Waals surface area contributed by atoms with Crippen LogP contribution in [-0.4, -0.2) is 28.9 Å². The lowest BCUT2D eigenvalue weighted by atomic mass is 9.95. The molecular formula is C31H21FN2O5S. The molecule has 9 heteroatoms. The number of aromatic nitrogens is 1. The lowest BCUT2D eigenvalue weighted by Crippen LogP contribution is -2.29. The number of rotatable bonds is 6. The number of aliphatic hydroxyl groups is 1. The van der Waals surface area contributed by atoms with Crippen molar-refractivity contribution in [1.29, 1.82) is 0 Å². The highest BCUT2D eigenvalue weighted by atomic mass is 32.1. The Kier molecular flexibility index (Phi) is 6.49. The van der Waals surface area contributed by atoms with Crippen LogP contribution in [0.3, 0.4) is 0 Å². The molecule has 0 aliphatic carbocycles. The number of carbonyl (C=O) groups is 2. The number of methoxy groups -OCH3 is 1. The van der Waals surface area contributed by atoms with Gasteiger partial charge in [-0.05, 0) is 60.2 Å². The molecule has 1 atom stereocenters. The topological polar surface area (TPSA) is 89.0 Å². The normalized spacial score (nSPS) is 16.4. The summed E-state index contributed by atoms with van der Waals surface area (Å²) in [4.78, 5) is 32.9. The SMILES string of the molecule is COc1cccc(/C(O)=C2\C(=O)C(=O)N(c3nc4ccc(F)cc4s3)C2c2cccc(Oc3ccccc3)c2)c1. The number of halogens is 1. The fourth-order valence-electron chi connectivity index (χ4n) is 4.63. The number of nitrogens with zero attached hydrogens (tertiary/aromatic N) is 2. The van der Waals surface area contributed by atoms with E-state index >= 15 is 0 Å². The number of thiazole rings is 1. The number of para-hydroxylation sites is 1. The van der Waals surface area contributed by atoms with Gasteiger partial charge in [-0.3, -0.25) is 14.5 Å². The molecule has 1 aliphatic heterocycles. The molecule has 2 heterocycles. The Morgan fingerprint density at radius 2 is 1.65 bits per heavy atom. The molecule has 1 unspecified atom stereocenters. The van der Waals surface area contributed by atoms with Crippen molar-refractivity contribution < 1.29 is 28.6 Å². The number of anilines is 1. The van der Waals surface area contributed by atoms with E-state index in [4.69, 9.17) is 9.47 Å². The van der Waals surface area contributed by atoms with E-state index in [1.807, 2.05) is 30.3 Å². The van der Waals surface area contributed by atoms with Gasteiger partial charge in [-0.1, -0.05) is 53.8 Å². The smallest absolute Gasteiger partial charge is 0.301 e. The summed E-state index contributed by atoms with van der Waals surface area (Å²) in [5, 5.41) is 11.6. The largest absolute Gasteiger partial charge is 0.507 e. The first-order chi connectivity index (χ1) is 19.4. The number of fused-ring (bicyclic) bond motifs is 1. The maximum absolute atomic E-state index is 13.9. The number of ether oxygens (including phenoxy) is 2. The van der Waals surface area contributed by atoms with Gasteiger partial charge in [0.15, 0.2) is 5.13 Å². The van der Waals surface area contributed by atoms with Gasteiger partial charge in [0.1, 0.15) is 28.8 Å². The first kappa shape index (κ1) is 25.3. The van der Waals surface area contributed by atoms with E-state index in [-0.39, 0.29) is 16.5 Å². The fraction of sp³-hybridized carbons (Fsp3) is 0.0645. The molecule has 1 amide bonds. The zero-order valence-corrected chi connectivity index (χ0v) is 21.9. The third-order valence-electron chi connectivity index (χ3n) is 6.49. The van der Waals surface area contributed by atoms with Crippen molar-refractivity contribution >= 4 is 44.1 Å². The highest BCUT2D eigenvalue weighted by Crippen LogP contribution is 2.45. The van der Waals surface area contributed by atoms with Crippen LogP contribution in [0.2, 0.25) is 0 Å². The minimum atomic E-state index is -1.03. The van der Waals surface area contributed by atoms with Crippen molar-refractivity contribution in [2.45, 2.75) is 6.04 Å². The molecule has 6 rings (SSSR count). The molecule has 1 saturated heterocycles. The number of Topliss-reactive ketones (excluding diaryl/α,β-unsaturated/α-hetero) is 1. The van der Waals surface area contributed by atoms with Crippen molar-refractivity contribution in [3.05, 3.63) is 120 Å². The summed E-state index contributed by atoms with van der Waals surface area (Å²) in [6.45, 7) is 0. The highest BCUT2D eigenvalue weighted by molar-refractivity contribution is 7.22. The number of amides is 1. The van der Waals surface area contributed by atoms with Gasteiger partial charge in [0.25, 0.3) is 5.78 Å². The molecular weight excluding hydrogens is 531 g/mol. The fourth-order valence-corrected chi connectivity index (χ4v) is 5.65. The summed E-state index contributed by atoms with van der Waals surface area (Å²) in [7, 11) is 1.49. The number of hydrogen-bond donors (Lipinski definition) is 1. The van der Waals surface area contributed by atoms with E-state index in [9.17, 15) is 19.1 Å². The van der Waals surface area contributed by atoms with E-state index in [2.05, 4.69) is 4.98 Å². The van der Waals surface area contributed by atoms with Crippen LogP contribution >= 0.6 is 11.3 Å². The maximum atomic E-state index is 13.9. The van der Waals surface area contributed by atoms with Crippen molar-refractivity contribution in [2.24, 2.45) is 0 Å². The molecule has 198 valence electrons. The Bertz CT molecular complexity index is 1800. The van der Waals surface area contributed by atoms with Crippen LogP contribution in [0.25, 0.3) is 16.0 Å². The zero-order chi connectivity index (χ0) is 27.8. The Morgan fingerprint density at radius 3 is 2.45 bits per heavy atom. The Morgan fingerprint density at radius 1 is 0.900 bits per heavy atom. The van der Waals surface area contributed by atoms with Crippen LogP contribution < -0.4 is 14.4 Å². The number of ketones is 1. The number of hydrogen-bond acceptors (Lipinski definition) is 7. The molecule has 1 fully saturated rings. The second-order valence-electron chi connectivity index (χ2n) is 9.00. The molecule has 0 saturated carbocycles. The Labute approximate surface area is 232 Å². The molecule has 5 aromatic rings. The van der Waals surface area contributed by atoms with Gasteiger partial charge in [-0.2, -0.15) is 0 Å². The van der Waals surface area contributed by atoms with Gasteiger partial charge in [0, 0.05) is 5.56 Å². The third kappa shape index (κ3) is 4.56. The summed E-state index contributed by atoms with van der Waals surface area (Å²) in [6, 6.07) is 25.8. The van der Waals surface area contributed by atoms with Crippen molar-refractivity contribution in [3.63, 3.8) is 0 Å². The van der Waals surface area contributed by atoms with Gasteiger partial charge in [0.2, 0.25) is 0 Å². The van der Waals surface area contributed by atoms with E-state index in [1.54, 1.807) is 48.5 Å². The first-order valence-corrected chi connectivity index (χ1v) is 13.1. The van der Waals surface area contributed by atoms with E-state index in [1.165, 1.54) is 30.2 Å². The maximum Gasteiger partial charge on any atom is 0.301 e. The zero-order valence-electron chi connectivity index (χ0n) is 21.1. The molecule has 40 heavy (non-hydrogen) atoms. The first-order valence-electron chi connectivity index (χ1n) is 12.3. The average molecular weight is 553 g/mol. The van der Waals surface area contributed by atoms with Gasteiger partial charge >= 0.3 is 5.91 Å². The van der Waals surface area contributed by atoms with Crippen LogP contribution in [0.15, 0.2) is 103 Å². The number of carbonyl (C=O) groups excluding carboxylic acids is 2. The standard InChI is InChI=1S/C31H21FN2O5S/c1-38-22-11-6-8-19(16-22)28(35)26-27(18-7-5-12-23(15-18)39-21-9-3-2-4-10-21)34(30(37)29(26)36)31-33-24-14-13-20(32)17-25(24)40-31/h2-17,27,35H,1H3/b28-26+. The molecule has 0 radical (unpaired) electrons. The summed E-state index contributed by atoms with van der Waals surface area (Å²) >= 11 is 1.08. The van der Waals surface area contributed by atoms with Crippen LogP contribution in [0.1, 0.15) is 17.2 Å². The van der Waals surface area contributed by atoms with Gasteiger partial charge in [0.05, 0.1) is 28.9 Å². The summed E-state index contributed by atoms with van der Waals surface area (Å²) in [6.07, 6.45) is 0. The summed E-state index contributed by atoms with van der Waals surface area (Å²) < 4.78 is 25.7. The highest BCUT2D eigenvalue weighted by Gasteiger charge is 2.48. The minimum Gasteiger partial charge on any atom is -0.507 e. The Balaban J connectivity index is 1.53. The van der Waals surface area contributed by atoms with Crippen LogP contribution in [0.5, 0.6) is 17.2 Å². The summed E-state index contributed by atoms with van der Waals surface area (Å²) in [5.74, 6) is -0.966. The molecule has 0 bridgehead atoms. The average Bonchev–Trinajstić information content (AvgIpc) is 3.50. The third-order valence-corrected chi connectivity index (χ3v) is 7.50. The number of aliphatic hydroxyl groups excluding tert-OH is 1. The predicted molar refractivity (Wildman–Crippen MR) is 150 cm³/mol. The summed E-state index contributed by atoms with van der Waals surface area (Å²) in [5.41, 5.74) is 1.20. The lowest BCUT2D eigenvalue weighted by Gasteiger charge is -2.23. The second kappa shape index (κ2) is 10.3. The molecule has 1 aliphatic rings. The van der Waals surface area contributed by atoms with Crippen LogP contribution in [0.4, 0.5) is 9.52 Å². The number of benzene rings is 4. The minimum absolute atomic E-state index is 0.111.